The first-order chi connectivity index (χ1) is 21.2. The van der Waals surface area contributed by atoms with E-state index in [-0.39, 0.29) is 0 Å². The van der Waals surface area contributed by atoms with Crippen LogP contribution in [0.15, 0.2) is 29.3 Å². The molecular weight excluding hydrogens is 522 g/mol. The molecule has 0 amide bonds. The highest BCUT2D eigenvalue weighted by atomic mass is 15.1. The zero-order chi connectivity index (χ0) is 31.1. The Hall–Kier alpha value is -1.51. The van der Waals surface area contributed by atoms with Gasteiger partial charge in [-0.2, -0.15) is 0 Å². The monoisotopic (exact) mass is 598 g/mol. The van der Waals surface area contributed by atoms with Crippen molar-refractivity contribution in [2.45, 2.75) is 194 Å². The molecule has 0 bridgehead atoms. The molecule has 0 aromatic heterocycles. The van der Waals surface area contributed by atoms with Crippen molar-refractivity contribution in [2.24, 2.45) is 10.7 Å². The lowest BCUT2D eigenvalue weighted by Crippen LogP contribution is -2.26. The summed E-state index contributed by atoms with van der Waals surface area (Å²) in [6, 6.07) is 8.78. The first-order valence-corrected chi connectivity index (χ1v) is 19.3. The maximum Gasteiger partial charge on any atom is 0.125 e. The first kappa shape index (κ1) is 39.5. The smallest absolute Gasteiger partial charge is 0.125 e. The standard InChI is InChI=1S/C40H75N3/c1-4-6-8-10-12-14-16-18-20-22-24-26-28-30-36-43(39-34-32-38(33-35-39)40(41)42-3)37-31-29-27-25-23-21-19-17-15-13-11-9-7-5-2/h32-35H,4-31,36-37H2,1-3H3,(H2,41,42). The molecule has 1 aromatic carbocycles. The summed E-state index contributed by atoms with van der Waals surface area (Å²) in [5.74, 6) is 0.622. The number of hydrogen-bond donors (Lipinski definition) is 1. The van der Waals surface area contributed by atoms with Gasteiger partial charge in [-0.15, -0.1) is 0 Å². The molecule has 43 heavy (non-hydrogen) atoms. The molecule has 3 nitrogen and oxygen atoms in total. The van der Waals surface area contributed by atoms with Gasteiger partial charge in [0.2, 0.25) is 0 Å². The zero-order valence-electron chi connectivity index (χ0n) is 29.5. The highest BCUT2D eigenvalue weighted by Gasteiger charge is 2.08. The van der Waals surface area contributed by atoms with Crippen LogP contribution in [0, 0.1) is 0 Å². The summed E-state index contributed by atoms with van der Waals surface area (Å²) >= 11 is 0. The summed E-state index contributed by atoms with van der Waals surface area (Å²) in [7, 11) is 1.76. The second-order valence-corrected chi connectivity index (χ2v) is 13.3. The molecule has 0 radical (unpaired) electrons. The van der Waals surface area contributed by atoms with Crippen molar-refractivity contribution in [1.82, 2.24) is 0 Å². The highest BCUT2D eigenvalue weighted by Crippen LogP contribution is 2.20. The lowest BCUT2D eigenvalue weighted by molar-refractivity contribution is 0.529. The van der Waals surface area contributed by atoms with E-state index in [4.69, 9.17) is 5.73 Å². The topological polar surface area (TPSA) is 41.6 Å². The lowest BCUT2D eigenvalue weighted by Gasteiger charge is -2.25. The zero-order valence-corrected chi connectivity index (χ0v) is 29.5. The van der Waals surface area contributed by atoms with Gasteiger partial charge in [0.1, 0.15) is 5.84 Å². The largest absolute Gasteiger partial charge is 0.384 e. The molecule has 1 aromatic rings. The van der Waals surface area contributed by atoms with Gasteiger partial charge in [-0.05, 0) is 37.1 Å². The third kappa shape index (κ3) is 23.5. The minimum absolute atomic E-state index is 0.622. The van der Waals surface area contributed by atoms with Crippen LogP contribution in [-0.2, 0) is 0 Å². The Kier molecular flexibility index (Phi) is 28.0. The minimum atomic E-state index is 0.622. The van der Waals surface area contributed by atoms with Crippen molar-refractivity contribution in [3.05, 3.63) is 29.8 Å². The minimum Gasteiger partial charge on any atom is -0.384 e. The van der Waals surface area contributed by atoms with Crippen LogP contribution in [0.4, 0.5) is 5.69 Å². The molecule has 0 atom stereocenters. The van der Waals surface area contributed by atoms with Gasteiger partial charge in [0.15, 0.2) is 0 Å². The molecule has 0 heterocycles. The van der Waals surface area contributed by atoms with Gasteiger partial charge in [0, 0.05) is 31.4 Å². The fraction of sp³-hybridized carbons (Fsp3) is 0.825. The van der Waals surface area contributed by atoms with E-state index in [1.165, 1.54) is 199 Å². The molecule has 0 fully saturated rings. The second kappa shape index (κ2) is 30.5. The van der Waals surface area contributed by atoms with E-state index < -0.39 is 0 Å². The molecule has 3 heteroatoms. The fourth-order valence-electron chi connectivity index (χ4n) is 6.34. The summed E-state index contributed by atoms with van der Waals surface area (Å²) in [6.45, 7) is 6.95. The first-order valence-electron chi connectivity index (χ1n) is 19.3. The highest BCUT2D eigenvalue weighted by molar-refractivity contribution is 5.97. The maximum atomic E-state index is 6.05. The molecule has 0 aliphatic heterocycles. The maximum absolute atomic E-state index is 6.05. The number of anilines is 1. The van der Waals surface area contributed by atoms with Crippen LogP contribution < -0.4 is 10.6 Å². The van der Waals surface area contributed by atoms with E-state index >= 15 is 0 Å². The predicted molar refractivity (Wildman–Crippen MR) is 196 cm³/mol. The molecule has 1 rings (SSSR count). The molecular formula is C40H75N3. The molecule has 0 aliphatic rings. The van der Waals surface area contributed by atoms with Crippen LogP contribution in [0.2, 0.25) is 0 Å². The van der Waals surface area contributed by atoms with Crippen molar-refractivity contribution in [3.63, 3.8) is 0 Å². The van der Waals surface area contributed by atoms with Crippen LogP contribution in [0.1, 0.15) is 199 Å². The summed E-state index contributed by atoms with van der Waals surface area (Å²) in [5, 5.41) is 0. The quantitative estimate of drug-likeness (QED) is 0.0510. The Balaban J connectivity index is 2.20. The molecule has 0 aliphatic carbocycles. The van der Waals surface area contributed by atoms with Crippen molar-refractivity contribution in [3.8, 4) is 0 Å². The SMILES string of the molecule is CCCCCCCCCCCCCCCCN(CCCCCCCCCCCCCCCC)c1ccc(C(N)=NC)cc1. The average molecular weight is 598 g/mol. The number of aliphatic imine (C=N–C) groups is 1. The van der Waals surface area contributed by atoms with E-state index in [1.807, 2.05) is 0 Å². The van der Waals surface area contributed by atoms with Gasteiger partial charge in [-0.3, -0.25) is 4.99 Å². The van der Waals surface area contributed by atoms with Gasteiger partial charge < -0.3 is 10.6 Å². The number of benzene rings is 1. The van der Waals surface area contributed by atoms with Crippen LogP contribution in [-0.4, -0.2) is 26.0 Å². The number of nitrogens with two attached hydrogens (primary N) is 1. The van der Waals surface area contributed by atoms with E-state index in [0.717, 1.165) is 5.56 Å². The second-order valence-electron chi connectivity index (χ2n) is 13.3. The third-order valence-electron chi connectivity index (χ3n) is 9.33. The molecule has 0 saturated heterocycles. The van der Waals surface area contributed by atoms with Crippen molar-refractivity contribution in [1.29, 1.82) is 0 Å². The van der Waals surface area contributed by atoms with Crippen molar-refractivity contribution >= 4 is 11.5 Å². The third-order valence-corrected chi connectivity index (χ3v) is 9.33. The van der Waals surface area contributed by atoms with Crippen LogP contribution in [0.5, 0.6) is 0 Å². The number of unbranched alkanes of at least 4 members (excludes halogenated alkanes) is 26. The Labute approximate surface area is 270 Å². The molecule has 2 N–H and O–H groups in total. The molecule has 250 valence electrons. The number of rotatable bonds is 32. The van der Waals surface area contributed by atoms with Crippen molar-refractivity contribution in [2.75, 3.05) is 25.0 Å². The summed E-state index contributed by atoms with van der Waals surface area (Å²) in [4.78, 5) is 6.78. The molecule has 0 spiro atoms. The Morgan fingerprint density at radius 2 is 0.744 bits per heavy atom. The Morgan fingerprint density at radius 3 is 1.02 bits per heavy atom. The number of nitrogens with zero attached hydrogens (tertiary/aromatic N) is 2. The molecule has 0 saturated carbocycles. The van der Waals surface area contributed by atoms with E-state index in [1.54, 1.807) is 7.05 Å². The van der Waals surface area contributed by atoms with Gasteiger partial charge >= 0.3 is 0 Å². The van der Waals surface area contributed by atoms with Crippen LogP contribution in [0.25, 0.3) is 0 Å². The van der Waals surface area contributed by atoms with Crippen LogP contribution in [0.3, 0.4) is 0 Å². The van der Waals surface area contributed by atoms with E-state index in [0.29, 0.717) is 5.84 Å². The Morgan fingerprint density at radius 1 is 0.465 bits per heavy atom. The van der Waals surface area contributed by atoms with Crippen LogP contribution >= 0.6 is 0 Å². The lowest BCUT2D eigenvalue weighted by atomic mass is 10.0. The number of amidine groups is 1. The fourth-order valence-corrected chi connectivity index (χ4v) is 6.34. The average Bonchev–Trinajstić information content (AvgIpc) is 3.03. The van der Waals surface area contributed by atoms with Gasteiger partial charge in [0.05, 0.1) is 0 Å². The van der Waals surface area contributed by atoms with Gasteiger partial charge in [-0.1, -0.05) is 181 Å². The summed E-state index contributed by atoms with van der Waals surface area (Å²) in [5.41, 5.74) is 8.42. The summed E-state index contributed by atoms with van der Waals surface area (Å²) < 4.78 is 0. The normalized spacial score (nSPS) is 11.8. The Bertz CT molecular complexity index is 694. The summed E-state index contributed by atoms with van der Waals surface area (Å²) in [6.07, 6.45) is 39.7. The van der Waals surface area contributed by atoms with E-state index in [9.17, 15) is 0 Å². The van der Waals surface area contributed by atoms with Crippen molar-refractivity contribution < 1.29 is 0 Å². The van der Waals surface area contributed by atoms with E-state index in [2.05, 4.69) is 48.0 Å². The number of hydrogen-bond acceptors (Lipinski definition) is 2. The molecule has 0 unspecified atom stereocenters. The van der Waals surface area contributed by atoms with Gasteiger partial charge in [-0.25, -0.2) is 0 Å². The van der Waals surface area contributed by atoms with Gasteiger partial charge in [0.25, 0.3) is 0 Å². The predicted octanol–water partition coefficient (Wildman–Crippen LogP) is 12.8.